The molecule has 0 saturated heterocycles. The average Bonchev–Trinajstić information content (AvgIpc) is 2.67. The van der Waals surface area contributed by atoms with E-state index in [0.29, 0.717) is 11.0 Å². The molecule has 0 aliphatic rings. The lowest BCUT2D eigenvalue weighted by Gasteiger charge is -2.18. The molecule has 3 aromatic rings. The van der Waals surface area contributed by atoms with E-state index in [1.807, 2.05) is 42.5 Å². The van der Waals surface area contributed by atoms with Crippen LogP contribution in [0, 0.1) is 0 Å². The predicted molar refractivity (Wildman–Crippen MR) is 111 cm³/mol. The molecule has 3 rings (SSSR count). The van der Waals surface area contributed by atoms with Gasteiger partial charge in [0.15, 0.2) is 0 Å². The number of fused-ring (bicyclic) bond motifs is 1. The van der Waals surface area contributed by atoms with E-state index >= 15 is 0 Å². The molecule has 1 atom stereocenters. The Hall–Kier alpha value is -2.88. The second kappa shape index (κ2) is 8.87. The predicted octanol–water partition coefficient (Wildman–Crippen LogP) is 5.34. The molecular formula is C24H26O4. The van der Waals surface area contributed by atoms with Gasteiger partial charge in [0.1, 0.15) is 17.1 Å². The van der Waals surface area contributed by atoms with Crippen molar-refractivity contribution in [3.8, 4) is 5.75 Å². The lowest BCUT2D eigenvalue weighted by Crippen LogP contribution is -2.16. The van der Waals surface area contributed by atoms with Crippen LogP contribution in [0.3, 0.4) is 0 Å². The Bertz CT molecular complexity index is 1020. The third-order valence-electron chi connectivity index (χ3n) is 5.12. The highest BCUT2D eigenvalue weighted by Gasteiger charge is 2.26. The molecule has 28 heavy (non-hydrogen) atoms. The first kappa shape index (κ1) is 19.9. The van der Waals surface area contributed by atoms with Crippen molar-refractivity contribution in [2.24, 2.45) is 0 Å². The fraction of sp³-hybridized carbons (Fsp3) is 0.333. The highest BCUT2D eigenvalue weighted by Crippen LogP contribution is 2.38. The number of aromatic hydroxyl groups is 1. The molecule has 0 bridgehead atoms. The summed E-state index contributed by atoms with van der Waals surface area (Å²) in [4.78, 5) is 24.7. The van der Waals surface area contributed by atoms with Crippen molar-refractivity contribution in [2.75, 3.05) is 0 Å². The molecule has 1 aromatic heterocycles. The number of carbonyl (C=O) groups is 1. The minimum atomic E-state index is -0.592. The number of hydrogen-bond donors (Lipinski definition) is 1. The molecule has 4 nitrogen and oxygen atoms in total. The van der Waals surface area contributed by atoms with E-state index < -0.39 is 11.5 Å². The van der Waals surface area contributed by atoms with Gasteiger partial charge in [-0.2, -0.15) is 0 Å². The Morgan fingerprint density at radius 1 is 1.07 bits per heavy atom. The van der Waals surface area contributed by atoms with Crippen LogP contribution < -0.4 is 5.63 Å². The zero-order chi connectivity index (χ0) is 20.1. The SMILES string of the molecule is CCCCCc1cccc2oc(=O)c(C(CC(C)=O)c3ccccc3)c(O)c12. The van der Waals surface area contributed by atoms with E-state index in [2.05, 4.69) is 6.92 Å². The summed E-state index contributed by atoms with van der Waals surface area (Å²) in [5.74, 6) is -0.652. The van der Waals surface area contributed by atoms with Gasteiger partial charge < -0.3 is 9.52 Å². The lowest BCUT2D eigenvalue weighted by molar-refractivity contribution is -0.117. The monoisotopic (exact) mass is 378 g/mol. The van der Waals surface area contributed by atoms with Crippen molar-refractivity contribution in [3.63, 3.8) is 0 Å². The minimum absolute atomic E-state index is 0.0519. The largest absolute Gasteiger partial charge is 0.507 e. The summed E-state index contributed by atoms with van der Waals surface area (Å²) in [6.07, 6.45) is 4.13. The molecule has 146 valence electrons. The van der Waals surface area contributed by atoms with Crippen LogP contribution in [-0.4, -0.2) is 10.9 Å². The molecule has 0 fully saturated rings. The fourth-order valence-corrected chi connectivity index (χ4v) is 3.76. The zero-order valence-electron chi connectivity index (χ0n) is 16.4. The number of benzene rings is 2. The van der Waals surface area contributed by atoms with Gasteiger partial charge in [-0.05, 0) is 37.0 Å². The Morgan fingerprint density at radius 3 is 2.50 bits per heavy atom. The summed E-state index contributed by atoms with van der Waals surface area (Å²) in [5.41, 5.74) is 1.73. The van der Waals surface area contributed by atoms with Crippen LogP contribution in [0.1, 0.15) is 62.1 Å². The first-order valence-corrected chi connectivity index (χ1v) is 9.84. The number of hydrogen-bond acceptors (Lipinski definition) is 4. The maximum atomic E-state index is 12.8. The van der Waals surface area contributed by atoms with Gasteiger partial charge in [-0.3, -0.25) is 4.79 Å². The van der Waals surface area contributed by atoms with Gasteiger partial charge in [-0.25, -0.2) is 4.79 Å². The number of ketones is 1. The first-order chi connectivity index (χ1) is 13.5. The van der Waals surface area contributed by atoms with Crippen molar-refractivity contribution >= 4 is 16.8 Å². The Balaban J connectivity index is 2.19. The van der Waals surface area contributed by atoms with E-state index in [-0.39, 0.29) is 23.5 Å². The number of Topliss-reactive ketones (excluding diaryl/α,β-unsaturated/α-hetero) is 1. The fourth-order valence-electron chi connectivity index (χ4n) is 3.76. The molecule has 0 amide bonds. The van der Waals surface area contributed by atoms with Gasteiger partial charge in [0.25, 0.3) is 0 Å². The number of unbranched alkanes of at least 4 members (excludes halogenated alkanes) is 2. The molecule has 1 heterocycles. The van der Waals surface area contributed by atoms with Gasteiger partial charge in [0, 0.05) is 12.3 Å². The molecule has 0 saturated carbocycles. The van der Waals surface area contributed by atoms with E-state index in [1.165, 1.54) is 6.92 Å². The van der Waals surface area contributed by atoms with Crippen LogP contribution in [0.15, 0.2) is 57.7 Å². The molecular weight excluding hydrogens is 352 g/mol. The molecule has 0 aliphatic carbocycles. The van der Waals surface area contributed by atoms with Crippen LogP contribution in [0.5, 0.6) is 5.75 Å². The zero-order valence-corrected chi connectivity index (χ0v) is 16.4. The third kappa shape index (κ3) is 4.16. The maximum absolute atomic E-state index is 12.8. The molecule has 0 radical (unpaired) electrons. The number of aryl methyl sites for hydroxylation is 1. The van der Waals surface area contributed by atoms with Crippen LogP contribution in [-0.2, 0) is 11.2 Å². The minimum Gasteiger partial charge on any atom is -0.507 e. The molecule has 0 aliphatic heterocycles. The summed E-state index contributed by atoms with van der Waals surface area (Å²) in [6.45, 7) is 3.63. The summed E-state index contributed by atoms with van der Waals surface area (Å²) in [6, 6.07) is 14.8. The van der Waals surface area contributed by atoms with Crippen molar-refractivity contribution in [2.45, 2.75) is 51.9 Å². The summed E-state index contributed by atoms with van der Waals surface area (Å²) in [5, 5.41) is 11.7. The van der Waals surface area contributed by atoms with Gasteiger partial charge in [-0.1, -0.05) is 62.2 Å². The van der Waals surface area contributed by atoms with Crippen LogP contribution >= 0.6 is 0 Å². The Labute approximate surface area is 164 Å². The smallest absolute Gasteiger partial charge is 0.343 e. The summed E-state index contributed by atoms with van der Waals surface area (Å²) >= 11 is 0. The highest BCUT2D eigenvalue weighted by molar-refractivity contribution is 5.88. The van der Waals surface area contributed by atoms with Gasteiger partial charge in [0.2, 0.25) is 0 Å². The van der Waals surface area contributed by atoms with Gasteiger partial charge in [-0.15, -0.1) is 0 Å². The normalized spacial score (nSPS) is 12.2. The Morgan fingerprint density at radius 2 is 1.82 bits per heavy atom. The van der Waals surface area contributed by atoms with E-state index in [1.54, 1.807) is 6.07 Å². The van der Waals surface area contributed by atoms with Crippen LogP contribution in [0.25, 0.3) is 11.0 Å². The topological polar surface area (TPSA) is 67.5 Å². The van der Waals surface area contributed by atoms with E-state index in [0.717, 1.165) is 36.8 Å². The maximum Gasteiger partial charge on any atom is 0.343 e. The second-order valence-corrected chi connectivity index (χ2v) is 7.27. The number of carbonyl (C=O) groups excluding carboxylic acids is 1. The summed E-state index contributed by atoms with van der Waals surface area (Å²) in [7, 11) is 0. The van der Waals surface area contributed by atoms with Crippen molar-refractivity contribution in [1.29, 1.82) is 0 Å². The quantitative estimate of drug-likeness (QED) is 0.424. The second-order valence-electron chi connectivity index (χ2n) is 7.27. The molecule has 0 spiro atoms. The average molecular weight is 378 g/mol. The summed E-state index contributed by atoms with van der Waals surface area (Å²) < 4.78 is 5.58. The van der Waals surface area contributed by atoms with Gasteiger partial charge in [0.05, 0.1) is 10.9 Å². The van der Waals surface area contributed by atoms with Gasteiger partial charge >= 0.3 is 5.63 Å². The molecule has 1 N–H and O–H groups in total. The van der Waals surface area contributed by atoms with E-state index in [4.69, 9.17) is 4.42 Å². The Kier molecular flexibility index (Phi) is 6.30. The van der Waals surface area contributed by atoms with E-state index in [9.17, 15) is 14.7 Å². The molecule has 1 unspecified atom stereocenters. The van der Waals surface area contributed by atoms with Crippen LogP contribution in [0.2, 0.25) is 0 Å². The van der Waals surface area contributed by atoms with Crippen molar-refractivity contribution in [3.05, 3.63) is 75.6 Å². The third-order valence-corrected chi connectivity index (χ3v) is 5.12. The standard InChI is InChI=1S/C24H26O4/c1-3-4-6-12-18-13-9-14-20-21(18)23(26)22(24(27)28-20)19(15-16(2)25)17-10-7-5-8-11-17/h5,7-11,13-14,19,26H,3-4,6,12,15H2,1-2H3. The highest BCUT2D eigenvalue weighted by atomic mass is 16.4. The van der Waals surface area contributed by atoms with Crippen molar-refractivity contribution in [1.82, 2.24) is 0 Å². The molecule has 2 aromatic carbocycles. The molecule has 4 heteroatoms. The number of rotatable bonds is 8. The lowest BCUT2D eigenvalue weighted by atomic mass is 9.86. The first-order valence-electron chi connectivity index (χ1n) is 9.84. The van der Waals surface area contributed by atoms with Crippen molar-refractivity contribution < 1.29 is 14.3 Å². The van der Waals surface area contributed by atoms with Crippen LogP contribution in [0.4, 0.5) is 0 Å².